The van der Waals surface area contributed by atoms with Gasteiger partial charge in [0.1, 0.15) is 5.75 Å². The first-order valence-electron chi connectivity index (χ1n) is 7.05. The molecule has 1 N–H and O–H groups in total. The zero-order valence-electron chi connectivity index (χ0n) is 12.6. The van der Waals surface area contributed by atoms with E-state index in [1.54, 1.807) is 0 Å². The number of aliphatic hydroxyl groups excluding tert-OH is 1. The molecule has 1 rings (SSSR count). The van der Waals surface area contributed by atoms with Crippen LogP contribution in [0.3, 0.4) is 0 Å². The summed E-state index contributed by atoms with van der Waals surface area (Å²) in [6, 6.07) is 6.30. The second-order valence-electron chi connectivity index (χ2n) is 5.47. The average molecular weight is 265 g/mol. The fraction of sp³-hybridized carbons (Fsp3) is 0.625. The van der Waals surface area contributed by atoms with Gasteiger partial charge in [0.25, 0.3) is 0 Å². The Morgan fingerprint density at radius 2 is 1.79 bits per heavy atom. The van der Waals surface area contributed by atoms with Gasteiger partial charge in [-0.2, -0.15) is 0 Å². The van der Waals surface area contributed by atoms with E-state index in [0.717, 1.165) is 38.3 Å². The molecule has 1 unspecified atom stereocenters. The lowest BCUT2D eigenvalue weighted by molar-refractivity contribution is 0.162. The molecule has 0 heterocycles. The Kier molecular flexibility index (Phi) is 6.89. The lowest BCUT2D eigenvalue weighted by atomic mass is 10.1. The van der Waals surface area contributed by atoms with Crippen LogP contribution in [0.2, 0.25) is 0 Å². The van der Waals surface area contributed by atoms with Crippen LogP contribution < -0.4 is 4.74 Å². The largest absolute Gasteiger partial charge is 0.494 e. The zero-order valence-corrected chi connectivity index (χ0v) is 12.6. The second-order valence-corrected chi connectivity index (χ2v) is 5.47. The van der Waals surface area contributed by atoms with E-state index >= 15 is 0 Å². The minimum Gasteiger partial charge on any atom is -0.494 e. The van der Waals surface area contributed by atoms with Crippen molar-refractivity contribution >= 4 is 0 Å². The van der Waals surface area contributed by atoms with E-state index in [0.29, 0.717) is 0 Å². The van der Waals surface area contributed by atoms with Gasteiger partial charge in [-0.15, -0.1) is 0 Å². The van der Waals surface area contributed by atoms with Crippen LogP contribution in [-0.2, 0) is 0 Å². The Bertz CT molecular complexity index is 357. The first-order chi connectivity index (χ1) is 8.97. The normalized spacial score (nSPS) is 12.7. The van der Waals surface area contributed by atoms with E-state index < -0.39 is 0 Å². The number of aryl methyl sites for hydroxylation is 2. The van der Waals surface area contributed by atoms with Crippen molar-refractivity contribution in [3.63, 3.8) is 0 Å². The van der Waals surface area contributed by atoms with E-state index in [1.165, 1.54) is 11.1 Å². The van der Waals surface area contributed by atoms with Gasteiger partial charge in [0, 0.05) is 13.1 Å². The first kappa shape index (κ1) is 16.0. The number of benzene rings is 1. The van der Waals surface area contributed by atoms with Crippen molar-refractivity contribution in [2.45, 2.75) is 39.7 Å². The van der Waals surface area contributed by atoms with Crippen LogP contribution in [0.15, 0.2) is 18.2 Å². The highest BCUT2D eigenvalue weighted by atomic mass is 16.5. The van der Waals surface area contributed by atoms with E-state index in [2.05, 4.69) is 44.0 Å². The predicted octanol–water partition coefficient (Wildman–Crippen LogP) is 2.78. The van der Waals surface area contributed by atoms with Gasteiger partial charge in [-0.3, -0.25) is 0 Å². The van der Waals surface area contributed by atoms with E-state index in [9.17, 15) is 5.11 Å². The molecule has 0 spiro atoms. The van der Waals surface area contributed by atoms with Crippen molar-refractivity contribution in [2.75, 3.05) is 26.7 Å². The van der Waals surface area contributed by atoms with E-state index in [-0.39, 0.29) is 6.10 Å². The standard InChI is InChI=1S/C16H27NO2/c1-13-10-14(2)12-16(11-13)19-9-5-7-17(4)8-6-15(3)18/h10-12,15,18H,5-9H2,1-4H3. The van der Waals surface area contributed by atoms with Crippen LogP contribution in [-0.4, -0.2) is 42.9 Å². The van der Waals surface area contributed by atoms with Crippen molar-refractivity contribution in [3.05, 3.63) is 29.3 Å². The summed E-state index contributed by atoms with van der Waals surface area (Å²) in [7, 11) is 2.08. The maximum Gasteiger partial charge on any atom is 0.119 e. The molecular weight excluding hydrogens is 238 g/mol. The molecule has 1 aromatic carbocycles. The van der Waals surface area contributed by atoms with Gasteiger partial charge in [-0.1, -0.05) is 6.07 Å². The van der Waals surface area contributed by atoms with Crippen molar-refractivity contribution in [1.29, 1.82) is 0 Å². The maximum atomic E-state index is 9.22. The van der Waals surface area contributed by atoms with E-state index in [1.807, 2.05) is 6.92 Å². The summed E-state index contributed by atoms with van der Waals surface area (Å²) >= 11 is 0. The summed E-state index contributed by atoms with van der Waals surface area (Å²) in [5.41, 5.74) is 2.48. The summed E-state index contributed by atoms with van der Waals surface area (Å²) in [5, 5.41) is 9.22. The van der Waals surface area contributed by atoms with Gasteiger partial charge in [0.05, 0.1) is 12.7 Å². The van der Waals surface area contributed by atoms with Crippen molar-refractivity contribution in [2.24, 2.45) is 0 Å². The summed E-state index contributed by atoms with van der Waals surface area (Å²) in [6.07, 6.45) is 1.62. The Morgan fingerprint density at radius 3 is 2.37 bits per heavy atom. The maximum absolute atomic E-state index is 9.22. The number of nitrogens with zero attached hydrogens (tertiary/aromatic N) is 1. The predicted molar refractivity (Wildman–Crippen MR) is 79.8 cm³/mol. The third-order valence-corrected chi connectivity index (χ3v) is 3.08. The van der Waals surface area contributed by atoms with Crippen LogP contribution >= 0.6 is 0 Å². The third-order valence-electron chi connectivity index (χ3n) is 3.08. The molecule has 0 fully saturated rings. The molecule has 0 amide bonds. The van der Waals surface area contributed by atoms with Gasteiger partial charge >= 0.3 is 0 Å². The summed E-state index contributed by atoms with van der Waals surface area (Å²) < 4.78 is 5.77. The SMILES string of the molecule is Cc1cc(C)cc(OCCCN(C)CCC(C)O)c1. The van der Waals surface area contributed by atoms with Crippen molar-refractivity contribution in [3.8, 4) is 5.75 Å². The smallest absolute Gasteiger partial charge is 0.119 e. The minimum absolute atomic E-state index is 0.214. The molecule has 0 radical (unpaired) electrons. The molecule has 1 aromatic rings. The Labute approximate surface area is 117 Å². The van der Waals surface area contributed by atoms with Gasteiger partial charge in [0.15, 0.2) is 0 Å². The Hall–Kier alpha value is -1.06. The molecule has 108 valence electrons. The molecule has 0 saturated heterocycles. The average Bonchev–Trinajstić information content (AvgIpc) is 2.31. The quantitative estimate of drug-likeness (QED) is 0.734. The Morgan fingerprint density at radius 1 is 1.16 bits per heavy atom. The van der Waals surface area contributed by atoms with Crippen molar-refractivity contribution in [1.82, 2.24) is 4.90 Å². The molecule has 0 aliphatic rings. The molecule has 0 saturated carbocycles. The molecule has 0 bridgehead atoms. The van der Waals surface area contributed by atoms with Crippen LogP contribution in [0, 0.1) is 13.8 Å². The lowest BCUT2D eigenvalue weighted by Crippen LogP contribution is -2.24. The minimum atomic E-state index is -0.214. The lowest BCUT2D eigenvalue weighted by Gasteiger charge is -2.17. The van der Waals surface area contributed by atoms with Crippen LogP contribution in [0.5, 0.6) is 5.75 Å². The summed E-state index contributed by atoms with van der Waals surface area (Å²) in [5.74, 6) is 0.962. The number of rotatable bonds is 8. The van der Waals surface area contributed by atoms with Gasteiger partial charge < -0.3 is 14.7 Å². The topological polar surface area (TPSA) is 32.7 Å². The van der Waals surface area contributed by atoms with Crippen molar-refractivity contribution < 1.29 is 9.84 Å². The van der Waals surface area contributed by atoms with Gasteiger partial charge in [0.2, 0.25) is 0 Å². The fourth-order valence-electron chi connectivity index (χ4n) is 2.06. The second kappa shape index (κ2) is 8.18. The molecular formula is C16H27NO2. The molecule has 1 atom stereocenters. The highest BCUT2D eigenvalue weighted by molar-refractivity contribution is 5.32. The third kappa shape index (κ3) is 7.19. The highest BCUT2D eigenvalue weighted by Gasteiger charge is 2.02. The zero-order chi connectivity index (χ0) is 14.3. The van der Waals surface area contributed by atoms with Gasteiger partial charge in [-0.05, 0) is 63.9 Å². The summed E-state index contributed by atoms with van der Waals surface area (Å²) in [4.78, 5) is 2.23. The first-order valence-corrected chi connectivity index (χ1v) is 7.05. The number of hydrogen-bond donors (Lipinski definition) is 1. The number of ether oxygens (including phenoxy) is 1. The van der Waals surface area contributed by atoms with Crippen LogP contribution in [0.4, 0.5) is 0 Å². The number of aliphatic hydroxyl groups is 1. The summed E-state index contributed by atoms with van der Waals surface area (Å²) in [6.45, 7) is 8.67. The molecule has 3 heteroatoms. The highest BCUT2D eigenvalue weighted by Crippen LogP contribution is 2.16. The molecule has 0 aliphatic carbocycles. The van der Waals surface area contributed by atoms with Crippen LogP contribution in [0.1, 0.15) is 30.9 Å². The van der Waals surface area contributed by atoms with Gasteiger partial charge in [-0.25, -0.2) is 0 Å². The Balaban J connectivity index is 2.19. The molecule has 0 aliphatic heterocycles. The fourth-order valence-corrected chi connectivity index (χ4v) is 2.06. The van der Waals surface area contributed by atoms with E-state index in [4.69, 9.17) is 4.74 Å². The van der Waals surface area contributed by atoms with Crippen LogP contribution in [0.25, 0.3) is 0 Å². The monoisotopic (exact) mass is 265 g/mol. The molecule has 3 nitrogen and oxygen atoms in total. The molecule has 0 aromatic heterocycles. The molecule has 19 heavy (non-hydrogen) atoms. The number of hydrogen-bond acceptors (Lipinski definition) is 3.